The van der Waals surface area contributed by atoms with Crippen LogP contribution in [0.1, 0.15) is 28.3 Å². The molecule has 2 amide bonds. The van der Waals surface area contributed by atoms with Crippen molar-refractivity contribution in [2.24, 2.45) is 11.7 Å². The van der Waals surface area contributed by atoms with E-state index in [0.29, 0.717) is 6.42 Å². The lowest BCUT2D eigenvalue weighted by molar-refractivity contribution is -0.117. The molecule has 0 heterocycles. The number of primary amides is 1. The fourth-order valence-corrected chi connectivity index (χ4v) is 2.66. The largest absolute Gasteiger partial charge is 0.366 e. The van der Waals surface area contributed by atoms with Crippen LogP contribution in [-0.2, 0) is 4.79 Å². The molecule has 2 aromatic rings. The predicted molar refractivity (Wildman–Crippen MR) is 80.8 cm³/mol. The smallest absolute Gasteiger partial charge is 0.251 e. The third-order valence-electron chi connectivity index (χ3n) is 3.99. The number of halogens is 3. The van der Waals surface area contributed by atoms with Gasteiger partial charge < -0.3 is 11.1 Å². The van der Waals surface area contributed by atoms with Crippen LogP contribution in [0.4, 0.5) is 18.9 Å². The van der Waals surface area contributed by atoms with Crippen LogP contribution in [-0.4, -0.2) is 11.8 Å². The first kappa shape index (κ1) is 16.0. The average Bonchev–Trinajstić information content (AvgIpc) is 3.29. The van der Waals surface area contributed by atoms with Crippen molar-refractivity contribution in [1.82, 2.24) is 0 Å². The molecule has 2 atom stereocenters. The summed E-state index contributed by atoms with van der Waals surface area (Å²) in [6, 6.07) is 6.72. The molecule has 2 aromatic carbocycles. The molecule has 7 heteroatoms. The second kappa shape index (κ2) is 5.99. The highest BCUT2D eigenvalue weighted by molar-refractivity contribution is 5.98. The quantitative estimate of drug-likeness (QED) is 0.902. The summed E-state index contributed by atoms with van der Waals surface area (Å²) < 4.78 is 40.1. The minimum absolute atomic E-state index is 0.223. The summed E-state index contributed by atoms with van der Waals surface area (Å²) in [6.45, 7) is 0. The van der Waals surface area contributed by atoms with Crippen LogP contribution >= 0.6 is 0 Å². The number of rotatable bonds is 4. The molecule has 3 rings (SSSR count). The number of anilines is 1. The predicted octanol–water partition coefficient (Wildman–Crippen LogP) is 2.95. The molecule has 1 aliphatic rings. The van der Waals surface area contributed by atoms with Crippen molar-refractivity contribution in [3.63, 3.8) is 0 Å². The minimum Gasteiger partial charge on any atom is -0.366 e. The summed E-state index contributed by atoms with van der Waals surface area (Å²) in [7, 11) is 0. The third-order valence-corrected chi connectivity index (χ3v) is 3.99. The van der Waals surface area contributed by atoms with Crippen molar-refractivity contribution in [2.45, 2.75) is 12.3 Å². The maximum absolute atomic E-state index is 13.7. The van der Waals surface area contributed by atoms with Crippen molar-refractivity contribution in [1.29, 1.82) is 0 Å². The van der Waals surface area contributed by atoms with Crippen molar-refractivity contribution in [2.75, 3.05) is 5.32 Å². The molecule has 3 N–H and O–H groups in total. The number of hydrogen-bond donors (Lipinski definition) is 2. The van der Waals surface area contributed by atoms with E-state index >= 15 is 0 Å². The maximum atomic E-state index is 13.7. The molecular formula is C17H13F3N2O2. The molecule has 1 fully saturated rings. The van der Waals surface area contributed by atoms with E-state index in [4.69, 9.17) is 5.73 Å². The first-order valence-corrected chi connectivity index (χ1v) is 7.22. The van der Waals surface area contributed by atoms with Gasteiger partial charge in [-0.05, 0) is 42.2 Å². The van der Waals surface area contributed by atoms with Crippen molar-refractivity contribution >= 4 is 17.5 Å². The van der Waals surface area contributed by atoms with E-state index in [2.05, 4.69) is 5.32 Å². The molecular weight excluding hydrogens is 321 g/mol. The number of nitrogens with one attached hydrogen (secondary N) is 1. The molecule has 0 spiro atoms. The van der Waals surface area contributed by atoms with Crippen LogP contribution in [0.2, 0.25) is 0 Å². The van der Waals surface area contributed by atoms with E-state index in [1.807, 2.05) is 0 Å². The Morgan fingerprint density at radius 3 is 2.46 bits per heavy atom. The molecule has 124 valence electrons. The number of nitrogens with two attached hydrogens (primary N) is 1. The van der Waals surface area contributed by atoms with Gasteiger partial charge in [-0.25, -0.2) is 13.2 Å². The van der Waals surface area contributed by atoms with Crippen molar-refractivity contribution in [3.05, 3.63) is 65.0 Å². The van der Waals surface area contributed by atoms with Gasteiger partial charge in [0.1, 0.15) is 17.5 Å². The summed E-state index contributed by atoms with van der Waals surface area (Å²) in [5.41, 5.74) is 5.23. The fourth-order valence-electron chi connectivity index (χ4n) is 2.66. The Morgan fingerprint density at radius 2 is 1.79 bits per heavy atom. The normalized spacial score (nSPS) is 19.0. The fraction of sp³-hybridized carbons (Fsp3) is 0.176. The van der Waals surface area contributed by atoms with Gasteiger partial charge in [-0.2, -0.15) is 0 Å². The van der Waals surface area contributed by atoms with Crippen LogP contribution in [0.25, 0.3) is 0 Å². The number of carbonyl (C=O) groups excluding carboxylic acids is 2. The zero-order valence-electron chi connectivity index (χ0n) is 12.4. The van der Waals surface area contributed by atoms with Crippen LogP contribution in [0.5, 0.6) is 0 Å². The molecule has 1 saturated carbocycles. The van der Waals surface area contributed by atoms with Gasteiger partial charge >= 0.3 is 0 Å². The molecule has 0 radical (unpaired) electrons. The Balaban J connectivity index is 1.71. The molecule has 1 aliphatic carbocycles. The van der Waals surface area contributed by atoms with Gasteiger partial charge in [0.05, 0.1) is 5.56 Å². The summed E-state index contributed by atoms with van der Waals surface area (Å²) in [5.74, 6) is -4.27. The van der Waals surface area contributed by atoms with Gasteiger partial charge in [-0.15, -0.1) is 0 Å². The average molecular weight is 334 g/mol. The number of hydrogen-bond acceptors (Lipinski definition) is 2. The van der Waals surface area contributed by atoms with Crippen LogP contribution in [0.3, 0.4) is 0 Å². The monoisotopic (exact) mass is 334 g/mol. The number of carbonyl (C=O) groups is 2. The van der Waals surface area contributed by atoms with E-state index in [1.165, 1.54) is 12.1 Å². The highest BCUT2D eigenvalue weighted by Gasteiger charge is 2.45. The second-order valence-electron chi connectivity index (χ2n) is 5.66. The maximum Gasteiger partial charge on any atom is 0.251 e. The number of benzene rings is 2. The van der Waals surface area contributed by atoms with Crippen LogP contribution in [0, 0.1) is 23.4 Å². The standard InChI is InChI=1S/C17H13F3N2O2/c18-8-1-3-10(15(20)5-8)11-7-12(11)17(24)22-9-2-4-14(19)13(6-9)16(21)23/h1-6,11-12H,7H2,(H2,21,23)(H,22,24)/t11-,12+/m0/s1. The highest BCUT2D eigenvalue weighted by Crippen LogP contribution is 2.48. The topological polar surface area (TPSA) is 72.2 Å². The summed E-state index contributed by atoms with van der Waals surface area (Å²) in [5, 5.41) is 2.55. The minimum atomic E-state index is -0.943. The molecule has 24 heavy (non-hydrogen) atoms. The molecule has 4 nitrogen and oxygen atoms in total. The van der Waals surface area contributed by atoms with Crippen LogP contribution in [0.15, 0.2) is 36.4 Å². The van der Waals surface area contributed by atoms with E-state index in [9.17, 15) is 22.8 Å². The Morgan fingerprint density at radius 1 is 1.04 bits per heavy atom. The lowest BCUT2D eigenvalue weighted by Crippen LogP contribution is -2.17. The van der Waals surface area contributed by atoms with Gasteiger partial charge in [-0.3, -0.25) is 9.59 Å². The molecule has 0 bridgehead atoms. The second-order valence-corrected chi connectivity index (χ2v) is 5.66. The Kier molecular flexibility index (Phi) is 4.01. The molecule has 0 aromatic heterocycles. The SMILES string of the molecule is NC(=O)c1cc(NC(=O)[C@@H]2C[C@H]2c2ccc(F)cc2F)ccc1F. The zero-order valence-corrected chi connectivity index (χ0v) is 12.4. The van der Waals surface area contributed by atoms with Gasteiger partial charge in [0.15, 0.2) is 0 Å². The van der Waals surface area contributed by atoms with Crippen molar-refractivity contribution < 1.29 is 22.8 Å². The van der Waals surface area contributed by atoms with Gasteiger partial charge in [0.25, 0.3) is 5.91 Å². The first-order chi connectivity index (χ1) is 11.4. The molecule has 0 aliphatic heterocycles. The van der Waals surface area contributed by atoms with Crippen LogP contribution < -0.4 is 11.1 Å². The van der Waals surface area contributed by atoms with Crippen molar-refractivity contribution in [3.8, 4) is 0 Å². The van der Waals surface area contributed by atoms with E-state index < -0.39 is 29.3 Å². The lowest BCUT2D eigenvalue weighted by Gasteiger charge is -2.07. The Labute approximate surface area is 135 Å². The third kappa shape index (κ3) is 3.10. The molecule has 0 unspecified atom stereocenters. The highest BCUT2D eigenvalue weighted by atomic mass is 19.1. The summed E-state index contributed by atoms with van der Waals surface area (Å²) in [6.07, 6.45) is 0.429. The first-order valence-electron chi connectivity index (χ1n) is 7.22. The summed E-state index contributed by atoms with van der Waals surface area (Å²) >= 11 is 0. The number of amides is 2. The van der Waals surface area contributed by atoms with E-state index in [1.54, 1.807) is 0 Å². The van der Waals surface area contributed by atoms with E-state index in [-0.39, 0.29) is 28.6 Å². The van der Waals surface area contributed by atoms with Gasteiger partial charge in [-0.1, -0.05) is 6.07 Å². The molecule has 0 saturated heterocycles. The summed E-state index contributed by atoms with van der Waals surface area (Å²) in [4.78, 5) is 23.3. The Hall–Kier alpha value is -2.83. The van der Waals surface area contributed by atoms with E-state index in [0.717, 1.165) is 24.3 Å². The van der Waals surface area contributed by atoms with Gasteiger partial charge in [0, 0.05) is 17.7 Å². The zero-order chi connectivity index (χ0) is 17.4. The van der Waals surface area contributed by atoms with Gasteiger partial charge in [0.2, 0.25) is 5.91 Å². The Bertz CT molecular complexity index is 839. The lowest BCUT2D eigenvalue weighted by atomic mass is 10.1.